The van der Waals surface area contributed by atoms with E-state index in [1.54, 1.807) is 31.2 Å². The van der Waals surface area contributed by atoms with Crippen molar-refractivity contribution in [1.29, 1.82) is 0 Å². The van der Waals surface area contributed by atoms with Gasteiger partial charge >= 0.3 is 11.7 Å². The molecular weight excluding hydrogens is 404 g/mol. The molecule has 0 amide bonds. The summed E-state index contributed by atoms with van der Waals surface area (Å²) in [6.07, 6.45) is 1.30. The van der Waals surface area contributed by atoms with Crippen LogP contribution in [0, 0.1) is 6.92 Å². The number of nitrogens with one attached hydrogen (secondary N) is 2. The van der Waals surface area contributed by atoms with E-state index in [4.69, 9.17) is 4.74 Å². The number of aromatic nitrogens is 2. The van der Waals surface area contributed by atoms with Crippen LogP contribution in [-0.4, -0.2) is 34.1 Å². The number of aryl methyl sites for hydroxylation is 1. The fourth-order valence-corrected chi connectivity index (χ4v) is 2.63. The molecule has 0 unspecified atom stereocenters. The predicted molar refractivity (Wildman–Crippen MR) is 98.4 cm³/mol. The van der Waals surface area contributed by atoms with Crippen LogP contribution >= 0.6 is 15.9 Å². The minimum absolute atomic E-state index is 0.129. The van der Waals surface area contributed by atoms with Crippen molar-refractivity contribution in [3.05, 3.63) is 56.2 Å². The summed E-state index contributed by atoms with van der Waals surface area (Å²) in [6, 6.07) is 6.79. The molecule has 8 heteroatoms. The summed E-state index contributed by atoms with van der Waals surface area (Å²) in [6.45, 7) is 1.34. The summed E-state index contributed by atoms with van der Waals surface area (Å²) in [4.78, 5) is 51.6. The van der Waals surface area contributed by atoms with Gasteiger partial charge in [0.1, 0.15) is 5.69 Å². The highest BCUT2D eigenvalue weighted by molar-refractivity contribution is 9.10. The molecule has 0 spiro atoms. The van der Waals surface area contributed by atoms with E-state index in [1.165, 1.54) is 0 Å². The number of unbranched alkanes of at least 4 members (excludes halogenated alkanes) is 1. The van der Waals surface area contributed by atoms with E-state index in [9.17, 15) is 19.2 Å². The molecule has 0 saturated heterocycles. The Morgan fingerprint density at radius 3 is 2.27 bits per heavy atom. The van der Waals surface area contributed by atoms with Crippen molar-refractivity contribution >= 4 is 33.5 Å². The van der Waals surface area contributed by atoms with Crippen LogP contribution in [0.5, 0.6) is 0 Å². The fraction of sp³-hybridized carbons (Fsp3) is 0.333. The number of imidazole rings is 1. The maximum Gasteiger partial charge on any atom is 0.323 e. The van der Waals surface area contributed by atoms with Crippen molar-refractivity contribution in [2.45, 2.75) is 32.6 Å². The minimum atomic E-state index is -0.478. The molecule has 7 nitrogen and oxygen atoms in total. The van der Waals surface area contributed by atoms with Crippen molar-refractivity contribution in [3.63, 3.8) is 0 Å². The number of benzene rings is 1. The normalized spacial score (nSPS) is 10.5. The number of hydrogen-bond acceptors (Lipinski definition) is 5. The monoisotopic (exact) mass is 422 g/mol. The number of ether oxygens (including phenoxy) is 1. The summed E-state index contributed by atoms with van der Waals surface area (Å²) in [7, 11) is 0. The second-order valence-electron chi connectivity index (χ2n) is 5.80. The van der Waals surface area contributed by atoms with Crippen molar-refractivity contribution < 1.29 is 19.1 Å². The second kappa shape index (κ2) is 9.28. The van der Waals surface area contributed by atoms with Gasteiger partial charge in [-0.1, -0.05) is 28.1 Å². The fourth-order valence-electron chi connectivity index (χ4n) is 2.37. The minimum Gasteiger partial charge on any atom is -0.457 e. The molecular formula is C18H19BrN2O5. The summed E-state index contributed by atoms with van der Waals surface area (Å²) in [5.41, 5.74) is 0.843. The Labute approximate surface area is 158 Å². The van der Waals surface area contributed by atoms with E-state index in [0.717, 1.165) is 4.47 Å². The average Bonchev–Trinajstić information content (AvgIpc) is 2.95. The Morgan fingerprint density at radius 1 is 1.00 bits per heavy atom. The number of esters is 1. The molecule has 0 saturated carbocycles. The van der Waals surface area contributed by atoms with Crippen LogP contribution in [0.3, 0.4) is 0 Å². The average molecular weight is 423 g/mol. The van der Waals surface area contributed by atoms with E-state index in [2.05, 4.69) is 25.9 Å². The third-order valence-electron chi connectivity index (χ3n) is 3.76. The van der Waals surface area contributed by atoms with Gasteiger partial charge in [0.15, 0.2) is 18.2 Å². The second-order valence-corrected chi connectivity index (χ2v) is 6.72. The van der Waals surface area contributed by atoms with Gasteiger partial charge in [-0.3, -0.25) is 14.4 Å². The van der Waals surface area contributed by atoms with E-state index >= 15 is 0 Å². The van der Waals surface area contributed by atoms with Crippen LogP contribution in [0.1, 0.15) is 52.2 Å². The topological polar surface area (TPSA) is 109 Å². The summed E-state index contributed by atoms with van der Waals surface area (Å²) in [5.74, 6) is -0.929. The van der Waals surface area contributed by atoms with Gasteiger partial charge in [0, 0.05) is 28.6 Å². The molecule has 0 atom stereocenters. The third-order valence-corrected chi connectivity index (χ3v) is 4.29. The lowest BCUT2D eigenvalue weighted by atomic mass is 10.1. The molecule has 0 radical (unpaired) electrons. The zero-order valence-corrected chi connectivity index (χ0v) is 15.9. The predicted octanol–water partition coefficient (Wildman–Crippen LogP) is 2.94. The van der Waals surface area contributed by atoms with E-state index in [1.807, 2.05) is 0 Å². The van der Waals surface area contributed by atoms with Gasteiger partial charge in [-0.05, 0) is 31.9 Å². The van der Waals surface area contributed by atoms with Crippen LogP contribution < -0.4 is 5.69 Å². The zero-order valence-electron chi connectivity index (χ0n) is 14.3. The summed E-state index contributed by atoms with van der Waals surface area (Å²) in [5, 5.41) is 0. The third kappa shape index (κ3) is 5.80. The number of carbonyl (C=O) groups excluding carboxylic acids is 3. The molecule has 0 aliphatic carbocycles. The maximum absolute atomic E-state index is 12.0. The van der Waals surface area contributed by atoms with Crippen molar-refractivity contribution in [2.75, 3.05) is 6.61 Å². The summed E-state index contributed by atoms with van der Waals surface area (Å²) >= 11 is 3.28. The number of H-pyrrole nitrogens is 2. The highest BCUT2D eigenvalue weighted by Gasteiger charge is 2.13. The molecule has 1 aromatic carbocycles. The first kappa shape index (κ1) is 19.8. The van der Waals surface area contributed by atoms with E-state index < -0.39 is 11.7 Å². The molecule has 0 bridgehead atoms. The summed E-state index contributed by atoms with van der Waals surface area (Å²) < 4.78 is 5.83. The Kier molecular flexibility index (Phi) is 7.08. The first-order valence-corrected chi connectivity index (χ1v) is 8.92. The molecule has 1 heterocycles. The standard InChI is InChI=1S/C18H19BrN2O5/c1-11-17(21-18(25)20-11)14(22)4-2-3-5-16(24)26-10-15(23)12-6-8-13(19)9-7-12/h6-9H,2-5,10H2,1H3,(H2,20,21,25). The number of halogens is 1. The Morgan fingerprint density at radius 2 is 1.65 bits per heavy atom. The molecule has 2 aromatic rings. The highest BCUT2D eigenvalue weighted by Crippen LogP contribution is 2.12. The first-order chi connectivity index (χ1) is 12.4. The maximum atomic E-state index is 12.0. The number of rotatable bonds is 9. The lowest BCUT2D eigenvalue weighted by Crippen LogP contribution is -2.14. The van der Waals surface area contributed by atoms with Crippen molar-refractivity contribution in [1.82, 2.24) is 9.97 Å². The number of aromatic amines is 2. The number of ketones is 2. The molecule has 2 rings (SSSR count). The van der Waals surface area contributed by atoms with Gasteiger partial charge < -0.3 is 14.7 Å². The van der Waals surface area contributed by atoms with Crippen LogP contribution in [0.4, 0.5) is 0 Å². The Hall–Kier alpha value is -2.48. The van der Waals surface area contributed by atoms with E-state index in [0.29, 0.717) is 24.1 Å². The highest BCUT2D eigenvalue weighted by atomic mass is 79.9. The van der Waals surface area contributed by atoms with Gasteiger partial charge in [-0.25, -0.2) is 4.79 Å². The molecule has 0 aliphatic rings. The van der Waals surface area contributed by atoms with Gasteiger partial charge in [0.2, 0.25) is 0 Å². The molecule has 26 heavy (non-hydrogen) atoms. The number of hydrogen-bond donors (Lipinski definition) is 2. The van der Waals surface area contributed by atoms with Crippen LogP contribution in [-0.2, 0) is 9.53 Å². The van der Waals surface area contributed by atoms with Crippen molar-refractivity contribution in [2.24, 2.45) is 0 Å². The lowest BCUT2D eigenvalue weighted by molar-refractivity contribution is -0.142. The lowest BCUT2D eigenvalue weighted by Gasteiger charge is -2.05. The number of Topliss-reactive ketones (excluding diaryl/α,β-unsaturated/α-hetero) is 2. The first-order valence-electron chi connectivity index (χ1n) is 8.13. The van der Waals surface area contributed by atoms with Crippen LogP contribution in [0.25, 0.3) is 0 Å². The van der Waals surface area contributed by atoms with Crippen LogP contribution in [0.15, 0.2) is 33.5 Å². The molecule has 138 valence electrons. The van der Waals surface area contributed by atoms with Gasteiger partial charge in [0.05, 0.1) is 0 Å². The van der Waals surface area contributed by atoms with Gasteiger partial charge in [0.25, 0.3) is 0 Å². The number of carbonyl (C=O) groups is 3. The largest absolute Gasteiger partial charge is 0.457 e. The zero-order chi connectivity index (χ0) is 19.1. The van der Waals surface area contributed by atoms with E-state index in [-0.39, 0.29) is 36.7 Å². The molecule has 1 aromatic heterocycles. The molecule has 2 N–H and O–H groups in total. The van der Waals surface area contributed by atoms with Crippen LogP contribution in [0.2, 0.25) is 0 Å². The molecule has 0 fully saturated rings. The Balaban J connectivity index is 1.66. The van der Waals surface area contributed by atoms with Gasteiger partial charge in [-0.15, -0.1) is 0 Å². The molecule has 0 aliphatic heterocycles. The smallest absolute Gasteiger partial charge is 0.323 e. The SMILES string of the molecule is Cc1[nH]c(=O)[nH]c1C(=O)CCCCC(=O)OCC(=O)c1ccc(Br)cc1. The van der Waals surface area contributed by atoms with Crippen molar-refractivity contribution in [3.8, 4) is 0 Å². The quantitative estimate of drug-likeness (QED) is 0.366. The Bertz CT molecular complexity index is 851. The van der Waals surface area contributed by atoms with Gasteiger partial charge in [-0.2, -0.15) is 0 Å².